The summed E-state index contributed by atoms with van der Waals surface area (Å²) >= 11 is 1.69. The monoisotopic (exact) mass is 309 g/mol. The molecule has 1 amide bonds. The first kappa shape index (κ1) is 13.6. The summed E-state index contributed by atoms with van der Waals surface area (Å²) < 4.78 is 13.9. The largest absolute Gasteiger partial charge is 0.339 e. The van der Waals surface area contributed by atoms with Gasteiger partial charge >= 0.3 is 0 Å². The molecule has 1 saturated carbocycles. The Morgan fingerprint density at radius 2 is 2.05 bits per heavy atom. The van der Waals surface area contributed by atoms with Crippen LogP contribution in [0.3, 0.4) is 0 Å². The number of aryl methyl sites for hydroxylation is 1. The van der Waals surface area contributed by atoms with Crippen molar-refractivity contribution in [1.82, 2.24) is 14.8 Å². The Balaban J connectivity index is 1.34. The number of hydrogen-bond donors (Lipinski definition) is 0. The van der Waals surface area contributed by atoms with E-state index in [1.54, 1.807) is 16.2 Å². The highest BCUT2D eigenvalue weighted by atomic mass is 32.1. The molecule has 0 bridgehead atoms. The molecule has 21 heavy (non-hydrogen) atoms. The summed E-state index contributed by atoms with van der Waals surface area (Å²) in [7, 11) is 0. The molecule has 0 spiro atoms. The fraction of sp³-hybridized carbons (Fsp3) is 0.733. The number of carbonyl (C=O) groups is 1. The highest BCUT2D eigenvalue weighted by Crippen LogP contribution is 2.43. The molecule has 3 heterocycles. The minimum absolute atomic E-state index is 0.251. The molecule has 1 aliphatic carbocycles. The van der Waals surface area contributed by atoms with Gasteiger partial charge in [-0.25, -0.2) is 9.37 Å². The second kappa shape index (κ2) is 4.74. The molecule has 6 heteroatoms. The maximum absolute atomic E-state index is 13.9. The number of halogens is 1. The molecule has 1 aromatic heterocycles. The predicted molar refractivity (Wildman–Crippen MR) is 78.8 cm³/mol. The van der Waals surface area contributed by atoms with Crippen molar-refractivity contribution in [2.24, 2.45) is 11.8 Å². The zero-order valence-corrected chi connectivity index (χ0v) is 13.0. The number of amides is 1. The third kappa shape index (κ3) is 2.48. The number of likely N-dealkylation sites (tertiary alicyclic amines) is 2. The molecule has 2 unspecified atom stereocenters. The van der Waals surface area contributed by atoms with E-state index in [4.69, 9.17) is 0 Å². The van der Waals surface area contributed by atoms with Crippen molar-refractivity contribution >= 4 is 17.2 Å². The van der Waals surface area contributed by atoms with E-state index in [0.717, 1.165) is 43.4 Å². The first-order valence-electron chi connectivity index (χ1n) is 7.65. The average Bonchev–Trinajstić information content (AvgIpc) is 2.76. The normalized spacial score (nSPS) is 30.7. The van der Waals surface area contributed by atoms with Crippen molar-refractivity contribution in [1.29, 1.82) is 0 Å². The number of aromatic nitrogens is 1. The lowest BCUT2D eigenvalue weighted by Gasteiger charge is -2.22. The molecular formula is C15H20FN3OS. The summed E-state index contributed by atoms with van der Waals surface area (Å²) in [5.74, 6) is 0.769. The lowest BCUT2D eigenvalue weighted by atomic mass is 10.0. The topological polar surface area (TPSA) is 36.4 Å². The molecule has 3 fully saturated rings. The zero-order chi connectivity index (χ0) is 14.6. The van der Waals surface area contributed by atoms with Crippen molar-refractivity contribution in [3.05, 3.63) is 16.1 Å². The highest BCUT2D eigenvalue weighted by Gasteiger charge is 2.55. The second-order valence-corrected chi connectivity index (χ2v) is 7.81. The minimum atomic E-state index is -1.50. The van der Waals surface area contributed by atoms with Crippen LogP contribution in [0.4, 0.5) is 4.39 Å². The molecule has 4 nitrogen and oxygen atoms in total. The molecule has 1 aromatic rings. The minimum Gasteiger partial charge on any atom is -0.339 e. The van der Waals surface area contributed by atoms with Crippen LogP contribution in [0.2, 0.25) is 0 Å². The fourth-order valence-electron chi connectivity index (χ4n) is 3.70. The molecule has 0 aromatic carbocycles. The summed E-state index contributed by atoms with van der Waals surface area (Å²) in [6.45, 7) is 6.41. The Kier molecular flexibility index (Phi) is 3.08. The highest BCUT2D eigenvalue weighted by molar-refractivity contribution is 7.09. The molecule has 114 valence electrons. The third-order valence-corrected chi connectivity index (χ3v) is 5.80. The molecule has 2 aliphatic heterocycles. The van der Waals surface area contributed by atoms with Gasteiger partial charge in [0.2, 0.25) is 0 Å². The maximum atomic E-state index is 13.9. The van der Waals surface area contributed by atoms with E-state index in [1.165, 1.54) is 0 Å². The number of thiazole rings is 1. The Bertz CT molecular complexity index is 557. The van der Waals surface area contributed by atoms with Gasteiger partial charge in [0.15, 0.2) is 5.67 Å². The first-order chi connectivity index (χ1) is 10.0. The molecule has 2 saturated heterocycles. The Morgan fingerprint density at radius 3 is 2.57 bits per heavy atom. The van der Waals surface area contributed by atoms with Gasteiger partial charge in [0.25, 0.3) is 5.91 Å². The van der Waals surface area contributed by atoms with Crippen LogP contribution < -0.4 is 0 Å². The smallest absolute Gasteiger partial charge is 0.260 e. The lowest BCUT2D eigenvalue weighted by Crippen LogP contribution is -2.39. The number of carbonyl (C=O) groups excluding carboxylic acids is 1. The van der Waals surface area contributed by atoms with Crippen LogP contribution in [0.15, 0.2) is 5.38 Å². The van der Waals surface area contributed by atoms with Crippen LogP contribution in [0, 0.1) is 18.8 Å². The second-order valence-electron chi connectivity index (χ2n) is 6.75. The van der Waals surface area contributed by atoms with Gasteiger partial charge < -0.3 is 4.90 Å². The van der Waals surface area contributed by atoms with E-state index in [-0.39, 0.29) is 5.91 Å². The maximum Gasteiger partial charge on any atom is 0.260 e. The Morgan fingerprint density at radius 1 is 1.38 bits per heavy atom. The standard InChI is InChI=1S/C15H20FN3OS/c1-10-17-13(9-21-10)8-18-4-11-6-19(7-12(11)5-18)14(20)15(16)2-3-15/h9,11-12H,2-8H2,1H3. The van der Waals surface area contributed by atoms with Crippen LogP contribution in [-0.4, -0.2) is 52.5 Å². The van der Waals surface area contributed by atoms with Gasteiger partial charge in [0.1, 0.15) is 0 Å². The molecule has 0 N–H and O–H groups in total. The van der Waals surface area contributed by atoms with Crippen LogP contribution in [0.5, 0.6) is 0 Å². The van der Waals surface area contributed by atoms with Crippen molar-refractivity contribution in [3.8, 4) is 0 Å². The van der Waals surface area contributed by atoms with Gasteiger partial charge in [0.05, 0.1) is 10.7 Å². The van der Waals surface area contributed by atoms with Gasteiger partial charge in [0, 0.05) is 38.1 Å². The molecule has 2 atom stereocenters. The summed E-state index contributed by atoms with van der Waals surface area (Å²) in [4.78, 5) is 20.8. The SMILES string of the molecule is Cc1nc(CN2CC3CN(C(=O)C4(F)CC4)CC3C2)cs1. The summed E-state index contributed by atoms with van der Waals surface area (Å²) in [6, 6.07) is 0. The Labute approximate surface area is 127 Å². The van der Waals surface area contributed by atoms with Crippen LogP contribution in [-0.2, 0) is 11.3 Å². The van der Waals surface area contributed by atoms with E-state index < -0.39 is 5.67 Å². The van der Waals surface area contributed by atoms with E-state index in [0.29, 0.717) is 24.7 Å². The number of alkyl halides is 1. The van der Waals surface area contributed by atoms with Gasteiger partial charge in [-0.1, -0.05) is 0 Å². The van der Waals surface area contributed by atoms with E-state index in [2.05, 4.69) is 15.3 Å². The van der Waals surface area contributed by atoms with Gasteiger partial charge in [-0.2, -0.15) is 0 Å². The van der Waals surface area contributed by atoms with Crippen molar-refractivity contribution < 1.29 is 9.18 Å². The van der Waals surface area contributed by atoms with Crippen LogP contribution >= 0.6 is 11.3 Å². The molecule has 4 rings (SSSR count). The number of nitrogens with zero attached hydrogens (tertiary/aromatic N) is 3. The van der Waals surface area contributed by atoms with E-state index in [9.17, 15) is 9.18 Å². The van der Waals surface area contributed by atoms with Crippen LogP contribution in [0.25, 0.3) is 0 Å². The molecule has 0 radical (unpaired) electrons. The quantitative estimate of drug-likeness (QED) is 0.855. The van der Waals surface area contributed by atoms with Crippen molar-refractivity contribution in [2.45, 2.75) is 32.0 Å². The predicted octanol–water partition coefficient (Wildman–Crippen LogP) is 1.84. The first-order valence-corrected chi connectivity index (χ1v) is 8.53. The van der Waals surface area contributed by atoms with E-state index in [1.807, 2.05) is 6.92 Å². The van der Waals surface area contributed by atoms with Gasteiger partial charge in [-0.3, -0.25) is 9.69 Å². The lowest BCUT2D eigenvalue weighted by molar-refractivity contribution is -0.137. The Hall–Kier alpha value is -1.01. The van der Waals surface area contributed by atoms with E-state index >= 15 is 0 Å². The van der Waals surface area contributed by atoms with Gasteiger partial charge in [-0.05, 0) is 31.6 Å². The average molecular weight is 309 g/mol. The number of fused-ring (bicyclic) bond motifs is 1. The molecule has 3 aliphatic rings. The van der Waals surface area contributed by atoms with Crippen molar-refractivity contribution in [3.63, 3.8) is 0 Å². The van der Waals surface area contributed by atoms with Crippen molar-refractivity contribution in [2.75, 3.05) is 26.2 Å². The third-order valence-electron chi connectivity index (χ3n) is 4.97. The summed E-state index contributed by atoms with van der Waals surface area (Å²) in [5.41, 5.74) is -0.359. The summed E-state index contributed by atoms with van der Waals surface area (Å²) in [5, 5.41) is 3.23. The molecular weight excluding hydrogens is 289 g/mol. The summed E-state index contributed by atoms with van der Waals surface area (Å²) in [6.07, 6.45) is 0.847. The van der Waals surface area contributed by atoms with Gasteiger partial charge in [-0.15, -0.1) is 11.3 Å². The fourth-order valence-corrected chi connectivity index (χ4v) is 4.31. The zero-order valence-electron chi connectivity index (χ0n) is 12.2. The number of hydrogen-bond acceptors (Lipinski definition) is 4. The number of rotatable bonds is 3. The van der Waals surface area contributed by atoms with Crippen LogP contribution in [0.1, 0.15) is 23.5 Å².